The zero-order valence-electron chi connectivity index (χ0n) is 17.9. The van der Waals surface area contributed by atoms with Crippen LogP contribution in [0.1, 0.15) is 41.5 Å². The quantitative estimate of drug-likeness (QED) is 0.789. The summed E-state index contributed by atoms with van der Waals surface area (Å²) in [6.07, 6.45) is 1.48. The third kappa shape index (κ3) is 3.59. The number of piperazine rings is 1. The predicted molar refractivity (Wildman–Crippen MR) is 110 cm³/mol. The summed E-state index contributed by atoms with van der Waals surface area (Å²) in [4.78, 5) is 33.7. The van der Waals surface area contributed by atoms with E-state index in [2.05, 4.69) is 16.8 Å². The fraction of sp³-hybridized carbons (Fsp3) is 0.650. The summed E-state index contributed by atoms with van der Waals surface area (Å²) < 4.78 is 9.18. The van der Waals surface area contributed by atoms with E-state index in [-0.39, 0.29) is 23.7 Å². The lowest BCUT2D eigenvalue weighted by atomic mass is 10.1. The number of carbonyl (C=O) groups excluding carboxylic acids is 1. The van der Waals surface area contributed by atoms with Crippen LogP contribution in [0.5, 0.6) is 0 Å². The van der Waals surface area contributed by atoms with Gasteiger partial charge in [-0.15, -0.1) is 0 Å². The Kier molecular flexibility index (Phi) is 5.16. The molecule has 3 heterocycles. The van der Waals surface area contributed by atoms with Gasteiger partial charge in [0.15, 0.2) is 0 Å². The molecule has 0 radical (unpaired) electrons. The van der Waals surface area contributed by atoms with Gasteiger partial charge in [-0.25, -0.2) is 9.78 Å². The van der Waals surface area contributed by atoms with E-state index in [1.54, 1.807) is 28.9 Å². The second-order valence-corrected chi connectivity index (χ2v) is 8.61. The molecular formula is C20H31N5O3. The van der Waals surface area contributed by atoms with Crippen molar-refractivity contribution in [2.24, 2.45) is 7.05 Å². The topological polar surface area (TPSA) is 72.6 Å². The van der Waals surface area contributed by atoms with E-state index in [0.717, 1.165) is 23.4 Å². The summed E-state index contributed by atoms with van der Waals surface area (Å²) >= 11 is 0. The average molecular weight is 390 g/mol. The second-order valence-electron chi connectivity index (χ2n) is 8.61. The van der Waals surface area contributed by atoms with Gasteiger partial charge in [0.25, 0.3) is 5.56 Å². The number of aromatic nitrogens is 3. The molecule has 0 N–H and O–H groups in total. The number of anilines is 1. The maximum Gasteiger partial charge on any atom is 0.410 e. The number of hydrogen-bond donors (Lipinski definition) is 0. The minimum Gasteiger partial charge on any atom is -0.444 e. The van der Waals surface area contributed by atoms with E-state index in [9.17, 15) is 9.59 Å². The number of pyridine rings is 1. The standard InChI is InChI=1S/C20H31N5O3/c1-8-23-12-21-17-15(9-16(26)22(7)18(17)23)24-10-14(3)25(11-13(24)2)19(27)28-20(4,5)6/h9,12-14H,8,10-11H2,1-7H3/t13-,14+/m0/s1. The summed E-state index contributed by atoms with van der Waals surface area (Å²) in [6, 6.07) is 1.64. The van der Waals surface area contributed by atoms with Gasteiger partial charge in [-0.3, -0.25) is 9.36 Å². The SMILES string of the molecule is CCn1cnc2c(N3C[C@@H](C)N(C(=O)OC(C)(C)C)C[C@@H]3C)cc(=O)n(C)c21. The number of nitrogens with zero attached hydrogens (tertiary/aromatic N) is 5. The Hall–Kier alpha value is -2.51. The van der Waals surface area contributed by atoms with E-state index < -0.39 is 5.60 Å². The van der Waals surface area contributed by atoms with Crippen LogP contribution in [0.2, 0.25) is 0 Å². The van der Waals surface area contributed by atoms with E-state index in [1.165, 1.54) is 0 Å². The Balaban J connectivity index is 1.95. The van der Waals surface area contributed by atoms with Crippen LogP contribution in [-0.2, 0) is 18.3 Å². The number of hydrogen-bond acceptors (Lipinski definition) is 5. The molecule has 1 amide bonds. The lowest BCUT2D eigenvalue weighted by molar-refractivity contribution is 0.0130. The van der Waals surface area contributed by atoms with Crippen LogP contribution < -0.4 is 10.5 Å². The molecule has 2 aromatic rings. The van der Waals surface area contributed by atoms with E-state index in [4.69, 9.17) is 4.74 Å². The number of ether oxygens (including phenoxy) is 1. The fourth-order valence-electron chi connectivity index (χ4n) is 3.78. The van der Waals surface area contributed by atoms with Crippen molar-refractivity contribution in [1.29, 1.82) is 0 Å². The number of carbonyl (C=O) groups is 1. The third-order valence-corrected chi connectivity index (χ3v) is 5.23. The van der Waals surface area contributed by atoms with E-state index in [1.807, 2.05) is 39.2 Å². The van der Waals surface area contributed by atoms with Gasteiger partial charge in [-0.05, 0) is 41.5 Å². The smallest absolute Gasteiger partial charge is 0.410 e. The first kappa shape index (κ1) is 20.2. The molecule has 154 valence electrons. The minimum absolute atomic E-state index is 0.0331. The van der Waals surface area contributed by atoms with Gasteiger partial charge in [0.05, 0.1) is 12.0 Å². The zero-order chi connectivity index (χ0) is 20.8. The maximum absolute atomic E-state index is 12.6. The molecule has 1 aliphatic heterocycles. The van der Waals surface area contributed by atoms with Crippen molar-refractivity contribution < 1.29 is 9.53 Å². The van der Waals surface area contributed by atoms with E-state index >= 15 is 0 Å². The molecule has 2 aromatic heterocycles. The Morgan fingerprint density at radius 1 is 1.25 bits per heavy atom. The number of amides is 1. The number of aryl methyl sites for hydroxylation is 2. The van der Waals surface area contributed by atoms with Crippen LogP contribution in [0, 0.1) is 0 Å². The van der Waals surface area contributed by atoms with Crippen molar-refractivity contribution in [1.82, 2.24) is 19.0 Å². The van der Waals surface area contributed by atoms with Crippen LogP contribution in [0.25, 0.3) is 11.2 Å². The van der Waals surface area contributed by atoms with Crippen LogP contribution in [0.3, 0.4) is 0 Å². The van der Waals surface area contributed by atoms with Crippen LogP contribution >= 0.6 is 0 Å². The predicted octanol–water partition coefficient (Wildman–Crippen LogP) is 2.59. The van der Waals surface area contributed by atoms with Crippen molar-refractivity contribution in [2.75, 3.05) is 18.0 Å². The van der Waals surface area contributed by atoms with Gasteiger partial charge in [0.2, 0.25) is 0 Å². The molecule has 3 rings (SSSR count). The van der Waals surface area contributed by atoms with Gasteiger partial charge >= 0.3 is 6.09 Å². The summed E-state index contributed by atoms with van der Waals surface area (Å²) in [6.45, 7) is 13.6. The molecule has 0 bridgehead atoms. The molecule has 1 aliphatic rings. The van der Waals surface area contributed by atoms with Crippen LogP contribution in [0.4, 0.5) is 10.5 Å². The molecule has 0 aromatic carbocycles. The largest absolute Gasteiger partial charge is 0.444 e. The lowest BCUT2D eigenvalue weighted by Crippen LogP contribution is -2.59. The molecule has 0 saturated carbocycles. The van der Waals surface area contributed by atoms with Gasteiger partial charge in [-0.1, -0.05) is 0 Å². The van der Waals surface area contributed by atoms with Crippen LogP contribution in [-0.4, -0.2) is 55.9 Å². The molecule has 8 nitrogen and oxygen atoms in total. The summed E-state index contributed by atoms with van der Waals surface area (Å²) in [5.41, 5.74) is 1.87. The van der Waals surface area contributed by atoms with Gasteiger partial charge in [-0.2, -0.15) is 0 Å². The summed E-state index contributed by atoms with van der Waals surface area (Å²) in [7, 11) is 1.77. The first-order valence-electron chi connectivity index (χ1n) is 9.84. The molecule has 0 aliphatic carbocycles. The molecule has 28 heavy (non-hydrogen) atoms. The molecular weight excluding hydrogens is 358 g/mol. The highest BCUT2D eigenvalue weighted by Gasteiger charge is 2.35. The normalized spacial score (nSPS) is 20.7. The van der Waals surface area contributed by atoms with Gasteiger partial charge < -0.3 is 19.1 Å². The zero-order valence-corrected chi connectivity index (χ0v) is 17.9. The average Bonchev–Trinajstić information content (AvgIpc) is 3.02. The van der Waals surface area contributed by atoms with Crippen molar-refractivity contribution in [2.45, 2.75) is 65.8 Å². The molecule has 8 heteroatoms. The molecule has 1 saturated heterocycles. The van der Waals surface area contributed by atoms with Gasteiger partial charge in [0, 0.05) is 44.8 Å². The van der Waals surface area contributed by atoms with Crippen molar-refractivity contribution in [3.63, 3.8) is 0 Å². The van der Waals surface area contributed by atoms with E-state index in [0.29, 0.717) is 13.1 Å². The fourth-order valence-corrected chi connectivity index (χ4v) is 3.78. The number of imidazole rings is 1. The molecule has 1 fully saturated rings. The Labute approximate surface area is 165 Å². The Bertz CT molecular complexity index is 940. The maximum atomic E-state index is 12.6. The minimum atomic E-state index is -0.526. The Morgan fingerprint density at radius 3 is 2.54 bits per heavy atom. The third-order valence-electron chi connectivity index (χ3n) is 5.23. The highest BCUT2D eigenvalue weighted by molar-refractivity contribution is 5.87. The van der Waals surface area contributed by atoms with Gasteiger partial charge in [0.1, 0.15) is 16.8 Å². The monoisotopic (exact) mass is 389 g/mol. The van der Waals surface area contributed by atoms with Crippen molar-refractivity contribution in [3.8, 4) is 0 Å². The second kappa shape index (κ2) is 7.14. The summed E-state index contributed by atoms with van der Waals surface area (Å²) in [5.74, 6) is 0. The van der Waals surface area contributed by atoms with Crippen molar-refractivity contribution >= 4 is 22.9 Å². The van der Waals surface area contributed by atoms with Crippen molar-refractivity contribution in [3.05, 3.63) is 22.7 Å². The molecule has 2 atom stereocenters. The first-order valence-corrected chi connectivity index (χ1v) is 9.84. The molecule has 0 spiro atoms. The number of fused-ring (bicyclic) bond motifs is 1. The summed E-state index contributed by atoms with van der Waals surface area (Å²) in [5, 5.41) is 0. The highest BCUT2D eigenvalue weighted by atomic mass is 16.6. The first-order chi connectivity index (χ1) is 13.0. The Morgan fingerprint density at radius 2 is 1.93 bits per heavy atom. The number of rotatable bonds is 2. The lowest BCUT2D eigenvalue weighted by Gasteiger charge is -2.45. The molecule has 0 unspecified atom stereocenters. The highest BCUT2D eigenvalue weighted by Crippen LogP contribution is 2.29. The van der Waals surface area contributed by atoms with Crippen LogP contribution in [0.15, 0.2) is 17.2 Å².